The van der Waals surface area contributed by atoms with Gasteiger partial charge < -0.3 is 16.2 Å². The second-order valence-corrected chi connectivity index (χ2v) is 4.20. The number of carbonyl (C=O) groups excluding carboxylic acids is 1. The fourth-order valence-electron chi connectivity index (χ4n) is 0.978. The van der Waals surface area contributed by atoms with Gasteiger partial charge in [0, 0.05) is 18.3 Å². The quantitative estimate of drug-likeness (QED) is 0.666. The first-order valence-corrected chi connectivity index (χ1v) is 5.59. The SMILES string of the molecule is C[C@H](N)C(=O)NCCc1nc(C(=O)O)cs1. The van der Waals surface area contributed by atoms with Crippen molar-refractivity contribution in [2.24, 2.45) is 5.73 Å². The fourth-order valence-corrected chi connectivity index (χ4v) is 1.75. The molecule has 0 unspecified atom stereocenters. The third kappa shape index (κ3) is 3.59. The zero-order valence-electron chi connectivity index (χ0n) is 8.77. The maximum atomic E-state index is 11.1. The summed E-state index contributed by atoms with van der Waals surface area (Å²) in [5, 5.41) is 13.4. The molecule has 0 aliphatic heterocycles. The molecule has 1 aromatic heterocycles. The van der Waals surface area contributed by atoms with Gasteiger partial charge >= 0.3 is 5.97 Å². The molecular formula is C9H13N3O3S. The Morgan fingerprint density at radius 2 is 2.38 bits per heavy atom. The van der Waals surface area contributed by atoms with Crippen LogP contribution in [0.1, 0.15) is 22.4 Å². The number of carbonyl (C=O) groups is 2. The lowest BCUT2D eigenvalue weighted by molar-refractivity contribution is -0.121. The molecule has 7 heteroatoms. The van der Waals surface area contributed by atoms with Crippen molar-refractivity contribution in [1.82, 2.24) is 10.3 Å². The Hall–Kier alpha value is -1.47. The molecule has 0 saturated heterocycles. The molecule has 0 spiro atoms. The Balaban J connectivity index is 2.37. The summed E-state index contributed by atoms with van der Waals surface area (Å²) in [6.07, 6.45) is 0.510. The molecule has 0 bridgehead atoms. The van der Waals surface area contributed by atoms with E-state index in [1.807, 2.05) is 0 Å². The van der Waals surface area contributed by atoms with Crippen LogP contribution in [0.3, 0.4) is 0 Å². The summed E-state index contributed by atoms with van der Waals surface area (Å²) in [7, 11) is 0. The van der Waals surface area contributed by atoms with Crippen molar-refractivity contribution in [2.75, 3.05) is 6.54 Å². The van der Waals surface area contributed by atoms with Crippen LogP contribution >= 0.6 is 11.3 Å². The van der Waals surface area contributed by atoms with E-state index in [4.69, 9.17) is 10.8 Å². The van der Waals surface area contributed by atoms with Gasteiger partial charge in [-0.1, -0.05) is 0 Å². The lowest BCUT2D eigenvalue weighted by Gasteiger charge is -2.05. The van der Waals surface area contributed by atoms with Crippen molar-refractivity contribution in [2.45, 2.75) is 19.4 Å². The second-order valence-electron chi connectivity index (χ2n) is 3.26. The highest BCUT2D eigenvalue weighted by Gasteiger charge is 2.09. The number of nitrogens with one attached hydrogen (secondary N) is 1. The van der Waals surface area contributed by atoms with Gasteiger partial charge in [0.05, 0.1) is 11.0 Å². The average Bonchev–Trinajstić information content (AvgIpc) is 2.66. The van der Waals surface area contributed by atoms with Crippen molar-refractivity contribution in [1.29, 1.82) is 0 Å². The summed E-state index contributed by atoms with van der Waals surface area (Å²) in [4.78, 5) is 25.5. The van der Waals surface area contributed by atoms with Gasteiger partial charge in [-0.2, -0.15) is 0 Å². The van der Waals surface area contributed by atoms with Crippen LogP contribution < -0.4 is 11.1 Å². The highest BCUT2D eigenvalue weighted by molar-refractivity contribution is 7.09. The van der Waals surface area contributed by atoms with E-state index in [1.54, 1.807) is 6.92 Å². The summed E-state index contributed by atoms with van der Waals surface area (Å²) in [6, 6.07) is -0.536. The van der Waals surface area contributed by atoms with Gasteiger partial charge in [-0.15, -0.1) is 11.3 Å². The van der Waals surface area contributed by atoms with Gasteiger partial charge in [0.15, 0.2) is 5.69 Å². The Labute approximate surface area is 96.5 Å². The summed E-state index contributed by atoms with van der Waals surface area (Å²) in [5.41, 5.74) is 5.40. The fraction of sp³-hybridized carbons (Fsp3) is 0.444. The number of aromatic carboxylic acids is 1. The monoisotopic (exact) mass is 243 g/mol. The molecule has 0 fully saturated rings. The van der Waals surface area contributed by atoms with Crippen LogP contribution in [0.25, 0.3) is 0 Å². The summed E-state index contributed by atoms with van der Waals surface area (Å²) < 4.78 is 0. The molecule has 0 radical (unpaired) electrons. The topological polar surface area (TPSA) is 105 Å². The van der Waals surface area contributed by atoms with Crippen LogP contribution in [0.2, 0.25) is 0 Å². The summed E-state index contributed by atoms with van der Waals surface area (Å²) in [6.45, 7) is 2.01. The molecule has 16 heavy (non-hydrogen) atoms. The minimum Gasteiger partial charge on any atom is -0.476 e. The number of amides is 1. The van der Waals surface area contributed by atoms with E-state index < -0.39 is 12.0 Å². The zero-order chi connectivity index (χ0) is 12.1. The maximum Gasteiger partial charge on any atom is 0.355 e. The van der Waals surface area contributed by atoms with Gasteiger partial charge in [0.25, 0.3) is 0 Å². The van der Waals surface area contributed by atoms with E-state index >= 15 is 0 Å². The number of hydrogen-bond acceptors (Lipinski definition) is 5. The first-order chi connectivity index (χ1) is 7.50. The lowest BCUT2D eigenvalue weighted by atomic mass is 10.3. The Bertz CT molecular complexity index is 389. The first kappa shape index (κ1) is 12.6. The van der Waals surface area contributed by atoms with Crippen LogP contribution in [-0.2, 0) is 11.2 Å². The molecule has 0 aromatic carbocycles. The molecule has 1 heterocycles. The number of thiazole rings is 1. The van der Waals surface area contributed by atoms with Gasteiger partial charge in [-0.25, -0.2) is 9.78 Å². The minimum absolute atomic E-state index is 0.0403. The molecular weight excluding hydrogens is 230 g/mol. The molecule has 1 aromatic rings. The molecule has 0 aliphatic carbocycles. The lowest BCUT2D eigenvalue weighted by Crippen LogP contribution is -2.39. The number of rotatable bonds is 5. The van der Waals surface area contributed by atoms with E-state index in [2.05, 4.69) is 10.3 Å². The summed E-state index contributed by atoms with van der Waals surface area (Å²) in [5.74, 6) is -1.27. The molecule has 1 atom stereocenters. The third-order valence-corrected chi connectivity index (χ3v) is 2.73. The molecule has 88 valence electrons. The van der Waals surface area contributed by atoms with Crippen molar-refractivity contribution >= 4 is 23.2 Å². The van der Waals surface area contributed by atoms with Gasteiger partial charge in [-0.05, 0) is 6.92 Å². The maximum absolute atomic E-state index is 11.1. The van der Waals surface area contributed by atoms with Crippen LogP contribution in [0, 0.1) is 0 Å². The number of aromatic nitrogens is 1. The normalized spacial score (nSPS) is 12.1. The highest BCUT2D eigenvalue weighted by Crippen LogP contribution is 2.09. The smallest absolute Gasteiger partial charge is 0.355 e. The number of carboxylic acid groups (broad SMARTS) is 1. The molecule has 4 N–H and O–H groups in total. The number of nitrogens with two attached hydrogens (primary N) is 1. The highest BCUT2D eigenvalue weighted by atomic mass is 32.1. The minimum atomic E-state index is -1.04. The largest absolute Gasteiger partial charge is 0.476 e. The molecule has 1 amide bonds. The van der Waals surface area contributed by atoms with Crippen molar-refractivity contribution in [3.63, 3.8) is 0 Å². The third-order valence-electron chi connectivity index (χ3n) is 1.82. The van der Waals surface area contributed by atoms with E-state index in [-0.39, 0.29) is 11.6 Å². The molecule has 0 saturated carbocycles. The van der Waals surface area contributed by atoms with Gasteiger partial charge in [0.1, 0.15) is 0 Å². The van der Waals surface area contributed by atoms with Crippen LogP contribution in [0.15, 0.2) is 5.38 Å². The van der Waals surface area contributed by atoms with Gasteiger partial charge in [0.2, 0.25) is 5.91 Å². The Morgan fingerprint density at radius 3 is 2.88 bits per heavy atom. The first-order valence-electron chi connectivity index (χ1n) is 4.71. The zero-order valence-corrected chi connectivity index (χ0v) is 9.58. The van der Waals surface area contributed by atoms with Crippen LogP contribution in [-0.4, -0.2) is 34.6 Å². The summed E-state index contributed by atoms with van der Waals surface area (Å²) >= 11 is 1.26. The van der Waals surface area contributed by atoms with E-state index in [9.17, 15) is 9.59 Å². The predicted octanol–water partition coefficient (Wildman–Crippen LogP) is -0.153. The van der Waals surface area contributed by atoms with Gasteiger partial charge in [-0.3, -0.25) is 4.79 Å². The second kappa shape index (κ2) is 5.57. The molecule has 1 rings (SSSR count). The number of hydrogen-bond donors (Lipinski definition) is 3. The molecule has 6 nitrogen and oxygen atoms in total. The number of carboxylic acids is 1. The van der Waals surface area contributed by atoms with E-state index in [1.165, 1.54) is 16.7 Å². The standard InChI is InChI=1S/C9H13N3O3S/c1-5(10)8(13)11-3-2-7-12-6(4-16-7)9(14)15/h4-5H,2-3,10H2,1H3,(H,11,13)(H,14,15)/t5-/m0/s1. The van der Waals surface area contributed by atoms with Crippen molar-refractivity contribution in [3.05, 3.63) is 16.1 Å². The number of nitrogens with zero attached hydrogens (tertiary/aromatic N) is 1. The Morgan fingerprint density at radius 1 is 1.69 bits per heavy atom. The average molecular weight is 243 g/mol. The van der Waals surface area contributed by atoms with Crippen molar-refractivity contribution < 1.29 is 14.7 Å². The van der Waals surface area contributed by atoms with Crippen LogP contribution in [0.4, 0.5) is 0 Å². The predicted molar refractivity (Wildman–Crippen MR) is 59.4 cm³/mol. The Kier molecular flexibility index (Phi) is 4.39. The molecule has 0 aliphatic rings. The van der Waals surface area contributed by atoms with Crippen molar-refractivity contribution in [3.8, 4) is 0 Å². The van der Waals surface area contributed by atoms with Crippen LogP contribution in [0.5, 0.6) is 0 Å². The van der Waals surface area contributed by atoms with E-state index in [0.717, 1.165) is 0 Å². The van der Waals surface area contributed by atoms with E-state index in [0.29, 0.717) is 18.0 Å².